The Morgan fingerprint density at radius 1 is 1.33 bits per heavy atom. The second-order valence-electron chi connectivity index (χ2n) is 3.44. The van der Waals surface area contributed by atoms with Crippen molar-refractivity contribution in [2.75, 3.05) is 13.6 Å². The monoisotopic (exact) mass is 217 g/mol. The number of rotatable bonds is 5. The van der Waals surface area contributed by atoms with Crippen LogP contribution in [-0.2, 0) is 9.59 Å². The van der Waals surface area contributed by atoms with Crippen LogP contribution in [0.15, 0.2) is 0 Å². The number of aliphatic hydroxyl groups is 1. The minimum absolute atomic E-state index is 0.0257. The van der Waals surface area contributed by atoms with E-state index in [1.54, 1.807) is 6.92 Å². The van der Waals surface area contributed by atoms with Crippen molar-refractivity contribution in [3.05, 3.63) is 0 Å². The molecule has 0 aliphatic carbocycles. The van der Waals surface area contributed by atoms with E-state index in [1.165, 1.54) is 14.0 Å². The van der Waals surface area contributed by atoms with Gasteiger partial charge in [-0.25, -0.2) is 0 Å². The molecule has 0 spiro atoms. The standard InChI is InChI=1S/C9H19N3O3/c1-5(6(2)13)8(14)12-7(4-10)9(15)11-3/h5-7,13H,4,10H2,1-3H3,(H,11,15)(H,12,14). The quantitative estimate of drug-likeness (QED) is 0.436. The van der Waals surface area contributed by atoms with Crippen molar-refractivity contribution in [3.63, 3.8) is 0 Å². The van der Waals surface area contributed by atoms with Gasteiger partial charge in [-0.05, 0) is 6.92 Å². The van der Waals surface area contributed by atoms with Gasteiger partial charge in [0.05, 0.1) is 12.0 Å². The van der Waals surface area contributed by atoms with Crippen molar-refractivity contribution in [2.24, 2.45) is 11.7 Å². The smallest absolute Gasteiger partial charge is 0.243 e. The van der Waals surface area contributed by atoms with Gasteiger partial charge in [0.25, 0.3) is 0 Å². The van der Waals surface area contributed by atoms with Crippen LogP contribution in [0.1, 0.15) is 13.8 Å². The van der Waals surface area contributed by atoms with Crippen LogP contribution >= 0.6 is 0 Å². The fraction of sp³-hybridized carbons (Fsp3) is 0.778. The Morgan fingerprint density at radius 2 is 1.87 bits per heavy atom. The fourth-order valence-corrected chi connectivity index (χ4v) is 0.928. The molecule has 0 saturated heterocycles. The lowest BCUT2D eigenvalue weighted by atomic mass is 10.1. The summed E-state index contributed by atoms with van der Waals surface area (Å²) in [5.41, 5.74) is 5.34. The van der Waals surface area contributed by atoms with Gasteiger partial charge in [-0.15, -0.1) is 0 Å². The van der Waals surface area contributed by atoms with Crippen molar-refractivity contribution in [3.8, 4) is 0 Å². The lowest BCUT2D eigenvalue weighted by molar-refractivity contribution is -0.132. The molecule has 0 rings (SSSR count). The maximum atomic E-state index is 11.5. The first-order valence-corrected chi connectivity index (χ1v) is 4.84. The third kappa shape index (κ3) is 4.26. The zero-order valence-corrected chi connectivity index (χ0v) is 9.28. The molecule has 0 aliphatic rings. The molecule has 3 atom stereocenters. The summed E-state index contributed by atoms with van der Waals surface area (Å²) >= 11 is 0. The van der Waals surface area contributed by atoms with Crippen LogP contribution in [0.4, 0.5) is 0 Å². The SMILES string of the molecule is CNC(=O)C(CN)NC(=O)C(C)C(C)O. The molecule has 0 heterocycles. The molecule has 0 aromatic carbocycles. The first-order valence-electron chi connectivity index (χ1n) is 4.84. The molecule has 0 bridgehead atoms. The highest BCUT2D eigenvalue weighted by atomic mass is 16.3. The van der Waals surface area contributed by atoms with Gasteiger partial charge in [0, 0.05) is 13.6 Å². The summed E-state index contributed by atoms with van der Waals surface area (Å²) in [6.45, 7) is 3.12. The molecule has 0 aromatic heterocycles. The molecular weight excluding hydrogens is 198 g/mol. The lowest BCUT2D eigenvalue weighted by Gasteiger charge is -2.19. The number of nitrogens with one attached hydrogen (secondary N) is 2. The van der Waals surface area contributed by atoms with Crippen LogP contribution in [0.2, 0.25) is 0 Å². The Balaban J connectivity index is 4.30. The third-order valence-corrected chi connectivity index (χ3v) is 2.25. The number of likely N-dealkylation sites (N-methyl/N-ethyl adjacent to an activating group) is 1. The van der Waals surface area contributed by atoms with Gasteiger partial charge in [-0.1, -0.05) is 6.92 Å². The molecule has 0 saturated carbocycles. The summed E-state index contributed by atoms with van der Waals surface area (Å²) in [6.07, 6.45) is -0.756. The molecule has 0 aliphatic heterocycles. The summed E-state index contributed by atoms with van der Waals surface area (Å²) < 4.78 is 0. The average Bonchev–Trinajstić information content (AvgIpc) is 2.22. The van der Waals surface area contributed by atoms with E-state index in [-0.39, 0.29) is 18.4 Å². The second kappa shape index (κ2) is 6.36. The molecule has 15 heavy (non-hydrogen) atoms. The highest BCUT2D eigenvalue weighted by Gasteiger charge is 2.23. The van der Waals surface area contributed by atoms with Crippen LogP contribution in [0.5, 0.6) is 0 Å². The number of carbonyl (C=O) groups is 2. The Bertz CT molecular complexity index is 231. The maximum absolute atomic E-state index is 11.5. The van der Waals surface area contributed by atoms with Gasteiger partial charge in [0.15, 0.2) is 0 Å². The largest absolute Gasteiger partial charge is 0.393 e. The number of amides is 2. The molecule has 0 aromatic rings. The Kier molecular flexibility index (Phi) is 5.88. The van der Waals surface area contributed by atoms with E-state index in [1.807, 2.05) is 0 Å². The maximum Gasteiger partial charge on any atom is 0.243 e. The average molecular weight is 217 g/mol. The van der Waals surface area contributed by atoms with Crippen LogP contribution in [0.3, 0.4) is 0 Å². The number of hydrogen-bond donors (Lipinski definition) is 4. The highest BCUT2D eigenvalue weighted by Crippen LogP contribution is 2.02. The fourth-order valence-electron chi connectivity index (χ4n) is 0.928. The zero-order chi connectivity index (χ0) is 12.0. The molecule has 3 unspecified atom stereocenters. The molecule has 88 valence electrons. The topological polar surface area (TPSA) is 104 Å². The van der Waals surface area contributed by atoms with Crippen LogP contribution in [-0.4, -0.2) is 42.7 Å². The van der Waals surface area contributed by atoms with E-state index in [0.29, 0.717) is 0 Å². The van der Waals surface area contributed by atoms with Crippen LogP contribution in [0, 0.1) is 5.92 Å². The van der Waals surface area contributed by atoms with Gasteiger partial charge in [0.2, 0.25) is 11.8 Å². The van der Waals surface area contributed by atoms with Gasteiger partial charge < -0.3 is 21.5 Å². The van der Waals surface area contributed by atoms with E-state index in [9.17, 15) is 14.7 Å². The van der Waals surface area contributed by atoms with Gasteiger partial charge >= 0.3 is 0 Å². The van der Waals surface area contributed by atoms with Gasteiger partial charge in [-0.3, -0.25) is 9.59 Å². The normalized spacial score (nSPS) is 16.3. The number of aliphatic hydroxyl groups excluding tert-OH is 1. The number of carbonyl (C=O) groups excluding carboxylic acids is 2. The highest BCUT2D eigenvalue weighted by molar-refractivity contribution is 5.88. The minimum Gasteiger partial charge on any atom is -0.393 e. The van der Waals surface area contributed by atoms with Gasteiger partial charge in [-0.2, -0.15) is 0 Å². The van der Waals surface area contributed by atoms with Crippen molar-refractivity contribution >= 4 is 11.8 Å². The van der Waals surface area contributed by atoms with E-state index in [4.69, 9.17) is 5.73 Å². The zero-order valence-electron chi connectivity index (χ0n) is 9.28. The first-order chi connectivity index (χ1) is 6.93. The minimum atomic E-state index is -0.756. The summed E-state index contributed by atoms with van der Waals surface area (Å²) in [4.78, 5) is 22.7. The molecular formula is C9H19N3O3. The van der Waals surface area contributed by atoms with Crippen molar-refractivity contribution < 1.29 is 14.7 Å². The molecule has 0 radical (unpaired) electrons. The Hall–Kier alpha value is -1.14. The molecule has 6 heteroatoms. The summed E-state index contributed by atoms with van der Waals surface area (Å²) in [7, 11) is 1.47. The Morgan fingerprint density at radius 3 is 2.20 bits per heavy atom. The summed E-state index contributed by atoms with van der Waals surface area (Å²) in [5, 5.41) is 14.0. The van der Waals surface area contributed by atoms with Crippen molar-refractivity contribution in [2.45, 2.75) is 26.0 Å². The van der Waals surface area contributed by atoms with E-state index < -0.39 is 18.1 Å². The lowest BCUT2D eigenvalue weighted by Crippen LogP contribution is -2.52. The molecule has 6 nitrogen and oxygen atoms in total. The van der Waals surface area contributed by atoms with E-state index in [2.05, 4.69) is 10.6 Å². The summed E-state index contributed by atoms with van der Waals surface area (Å²) in [6, 6.07) is -0.747. The predicted octanol–water partition coefficient (Wildman–Crippen LogP) is -1.81. The third-order valence-electron chi connectivity index (χ3n) is 2.25. The predicted molar refractivity (Wildman–Crippen MR) is 55.9 cm³/mol. The molecule has 2 amide bonds. The molecule has 0 fully saturated rings. The Labute approximate surface area is 89.2 Å². The second-order valence-corrected chi connectivity index (χ2v) is 3.44. The van der Waals surface area contributed by atoms with E-state index in [0.717, 1.165) is 0 Å². The van der Waals surface area contributed by atoms with E-state index >= 15 is 0 Å². The van der Waals surface area contributed by atoms with Crippen LogP contribution < -0.4 is 16.4 Å². The first kappa shape index (κ1) is 13.9. The molecule has 5 N–H and O–H groups in total. The van der Waals surface area contributed by atoms with Crippen molar-refractivity contribution in [1.82, 2.24) is 10.6 Å². The van der Waals surface area contributed by atoms with Crippen molar-refractivity contribution in [1.29, 1.82) is 0 Å². The number of nitrogens with two attached hydrogens (primary N) is 1. The van der Waals surface area contributed by atoms with Gasteiger partial charge in [0.1, 0.15) is 6.04 Å². The summed E-state index contributed by atoms with van der Waals surface area (Å²) in [5.74, 6) is -1.30. The van der Waals surface area contributed by atoms with Crippen LogP contribution in [0.25, 0.3) is 0 Å². The number of hydrogen-bond acceptors (Lipinski definition) is 4.